The summed E-state index contributed by atoms with van der Waals surface area (Å²) in [7, 11) is 0. The number of nitro groups is 1. The Hall–Kier alpha value is -2.66. The molecule has 0 unspecified atom stereocenters. The summed E-state index contributed by atoms with van der Waals surface area (Å²) in [5, 5.41) is 10.9. The zero-order valence-electron chi connectivity index (χ0n) is 12.4. The number of nitrogens with zero attached hydrogens (tertiary/aromatic N) is 1. The summed E-state index contributed by atoms with van der Waals surface area (Å²) in [6.45, 7) is 2.13. The van der Waals surface area contributed by atoms with Gasteiger partial charge >= 0.3 is 5.97 Å². The lowest BCUT2D eigenvalue weighted by Gasteiger charge is -2.03. The molecule has 0 aliphatic carbocycles. The molecule has 2 aromatic carbocycles. The van der Waals surface area contributed by atoms with Gasteiger partial charge in [-0.1, -0.05) is 47.5 Å². The molecule has 0 spiro atoms. The second-order valence-corrected chi connectivity index (χ2v) is 5.31. The maximum atomic E-state index is 11.7. The van der Waals surface area contributed by atoms with E-state index in [0.29, 0.717) is 5.56 Å². The van der Waals surface area contributed by atoms with Gasteiger partial charge in [-0.2, -0.15) is 0 Å². The predicted octanol–water partition coefficient (Wildman–Crippen LogP) is 4.31. The first-order valence-electron chi connectivity index (χ1n) is 6.80. The number of aryl methyl sites for hydroxylation is 1. The van der Waals surface area contributed by atoms with E-state index in [0.717, 1.165) is 11.1 Å². The van der Waals surface area contributed by atoms with Crippen LogP contribution in [0.4, 0.5) is 5.69 Å². The molecule has 23 heavy (non-hydrogen) atoms. The molecule has 0 N–H and O–H groups in total. The third kappa shape index (κ3) is 4.93. The topological polar surface area (TPSA) is 69.4 Å². The van der Waals surface area contributed by atoms with Crippen molar-refractivity contribution in [1.29, 1.82) is 0 Å². The van der Waals surface area contributed by atoms with Gasteiger partial charge in [-0.15, -0.1) is 0 Å². The monoisotopic (exact) mass is 331 g/mol. The van der Waals surface area contributed by atoms with Crippen molar-refractivity contribution in [3.63, 3.8) is 0 Å². The van der Waals surface area contributed by atoms with Crippen LogP contribution in [0.3, 0.4) is 0 Å². The number of halogens is 1. The van der Waals surface area contributed by atoms with Crippen LogP contribution in [-0.4, -0.2) is 10.9 Å². The maximum Gasteiger partial charge on any atom is 0.331 e. The van der Waals surface area contributed by atoms with Crippen LogP contribution < -0.4 is 0 Å². The van der Waals surface area contributed by atoms with Gasteiger partial charge in [0.05, 0.1) is 4.92 Å². The van der Waals surface area contributed by atoms with E-state index in [1.54, 1.807) is 6.07 Å². The second-order valence-electron chi connectivity index (χ2n) is 4.90. The number of nitro benzene ring substituents is 1. The van der Waals surface area contributed by atoms with Crippen LogP contribution in [0.5, 0.6) is 0 Å². The average molecular weight is 332 g/mol. The van der Waals surface area contributed by atoms with Gasteiger partial charge in [0.15, 0.2) is 0 Å². The van der Waals surface area contributed by atoms with Crippen LogP contribution in [0.25, 0.3) is 6.08 Å². The first-order chi connectivity index (χ1) is 11.0. The van der Waals surface area contributed by atoms with E-state index in [2.05, 4.69) is 0 Å². The zero-order valence-corrected chi connectivity index (χ0v) is 13.1. The van der Waals surface area contributed by atoms with E-state index in [-0.39, 0.29) is 17.3 Å². The third-order valence-electron chi connectivity index (χ3n) is 3.04. The summed E-state index contributed by atoms with van der Waals surface area (Å²) in [6, 6.07) is 11.9. The van der Waals surface area contributed by atoms with E-state index in [1.165, 1.54) is 24.3 Å². The Morgan fingerprint density at radius 3 is 2.78 bits per heavy atom. The van der Waals surface area contributed by atoms with Crippen molar-refractivity contribution in [2.24, 2.45) is 0 Å². The molecule has 0 atom stereocenters. The average Bonchev–Trinajstić information content (AvgIpc) is 2.52. The van der Waals surface area contributed by atoms with Crippen LogP contribution in [0, 0.1) is 17.0 Å². The van der Waals surface area contributed by atoms with Crippen molar-refractivity contribution in [2.75, 3.05) is 0 Å². The van der Waals surface area contributed by atoms with Gasteiger partial charge in [-0.05, 0) is 30.2 Å². The third-order valence-corrected chi connectivity index (χ3v) is 3.36. The summed E-state index contributed by atoms with van der Waals surface area (Å²) in [6.07, 6.45) is 2.67. The van der Waals surface area contributed by atoms with Crippen LogP contribution in [0.1, 0.15) is 16.7 Å². The van der Waals surface area contributed by atoms with Crippen LogP contribution in [0.2, 0.25) is 5.02 Å². The molecule has 2 rings (SSSR count). The van der Waals surface area contributed by atoms with Gasteiger partial charge in [0, 0.05) is 12.1 Å². The smallest absolute Gasteiger partial charge is 0.331 e. The largest absolute Gasteiger partial charge is 0.458 e. The number of esters is 1. The van der Waals surface area contributed by atoms with E-state index < -0.39 is 10.9 Å². The molecule has 0 bridgehead atoms. The van der Waals surface area contributed by atoms with Crippen molar-refractivity contribution in [3.8, 4) is 0 Å². The summed E-state index contributed by atoms with van der Waals surface area (Å²) in [5.74, 6) is -0.524. The summed E-state index contributed by atoms with van der Waals surface area (Å²) in [4.78, 5) is 21.9. The van der Waals surface area contributed by atoms with Crippen molar-refractivity contribution in [1.82, 2.24) is 0 Å². The van der Waals surface area contributed by atoms with Crippen LogP contribution >= 0.6 is 11.6 Å². The number of carbonyl (C=O) groups is 1. The number of hydrogen-bond donors (Lipinski definition) is 0. The van der Waals surface area contributed by atoms with Crippen molar-refractivity contribution in [3.05, 3.63) is 80.4 Å². The Morgan fingerprint density at radius 1 is 1.30 bits per heavy atom. The number of carbonyl (C=O) groups excluding carboxylic acids is 1. The van der Waals surface area contributed by atoms with Crippen molar-refractivity contribution < 1.29 is 14.5 Å². The maximum absolute atomic E-state index is 11.7. The SMILES string of the molecule is Cc1cccc(COC(=O)/C=C/c2ccc(Cl)c([N+](=O)[O-])c2)c1. The molecular formula is C17H14ClNO4. The first-order valence-corrected chi connectivity index (χ1v) is 7.18. The van der Waals surface area contributed by atoms with Gasteiger partial charge < -0.3 is 4.74 Å². The highest BCUT2D eigenvalue weighted by Crippen LogP contribution is 2.25. The minimum Gasteiger partial charge on any atom is -0.458 e. The highest BCUT2D eigenvalue weighted by atomic mass is 35.5. The van der Waals surface area contributed by atoms with E-state index in [9.17, 15) is 14.9 Å². The van der Waals surface area contributed by atoms with Gasteiger partial charge in [0.1, 0.15) is 11.6 Å². The Morgan fingerprint density at radius 2 is 2.09 bits per heavy atom. The standard InChI is InChI=1S/C17H14ClNO4/c1-12-3-2-4-14(9-12)11-23-17(20)8-6-13-5-7-15(18)16(10-13)19(21)22/h2-10H,11H2,1H3/b8-6+. The predicted molar refractivity (Wildman–Crippen MR) is 88.1 cm³/mol. The quantitative estimate of drug-likeness (QED) is 0.354. The minimum atomic E-state index is -0.574. The zero-order chi connectivity index (χ0) is 16.8. The van der Waals surface area contributed by atoms with Gasteiger partial charge in [-0.25, -0.2) is 4.79 Å². The molecule has 0 fully saturated rings. The molecule has 0 saturated carbocycles. The molecule has 0 amide bonds. The summed E-state index contributed by atoms with van der Waals surface area (Å²) < 4.78 is 5.12. The highest BCUT2D eigenvalue weighted by Gasteiger charge is 2.11. The minimum absolute atomic E-state index is 0.0502. The molecule has 0 aliphatic rings. The summed E-state index contributed by atoms with van der Waals surface area (Å²) in [5.41, 5.74) is 2.27. The molecule has 6 heteroatoms. The van der Waals surface area contributed by atoms with E-state index in [4.69, 9.17) is 16.3 Å². The molecule has 0 aliphatic heterocycles. The molecule has 0 aromatic heterocycles. The second kappa shape index (κ2) is 7.56. The lowest BCUT2D eigenvalue weighted by Crippen LogP contribution is -2.00. The van der Waals surface area contributed by atoms with Gasteiger partial charge in [0.2, 0.25) is 0 Å². The fourth-order valence-corrected chi connectivity index (χ4v) is 2.13. The molecule has 0 saturated heterocycles. The van der Waals surface area contributed by atoms with Gasteiger partial charge in [-0.3, -0.25) is 10.1 Å². The molecule has 0 heterocycles. The Kier molecular flexibility index (Phi) is 5.49. The van der Waals surface area contributed by atoms with E-state index >= 15 is 0 Å². The molecule has 118 valence electrons. The normalized spacial score (nSPS) is 10.7. The summed E-state index contributed by atoms with van der Waals surface area (Å²) >= 11 is 5.73. The number of benzene rings is 2. The lowest BCUT2D eigenvalue weighted by molar-refractivity contribution is -0.384. The van der Waals surface area contributed by atoms with Crippen molar-refractivity contribution in [2.45, 2.75) is 13.5 Å². The fraction of sp³-hybridized carbons (Fsp3) is 0.118. The molecule has 0 radical (unpaired) electrons. The first kappa shape index (κ1) is 16.7. The lowest BCUT2D eigenvalue weighted by atomic mass is 10.1. The Labute approximate surface area is 138 Å². The van der Waals surface area contributed by atoms with E-state index in [1.807, 2.05) is 31.2 Å². The fourth-order valence-electron chi connectivity index (χ4n) is 1.94. The molecule has 5 nitrogen and oxygen atoms in total. The van der Waals surface area contributed by atoms with Crippen LogP contribution in [-0.2, 0) is 16.1 Å². The highest BCUT2D eigenvalue weighted by molar-refractivity contribution is 6.32. The van der Waals surface area contributed by atoms with Gasteiger partial charge in [0.25, 0.3) is 5.69 Å². The molecule has 2 aromatic rings. The Balaban J connectivity index is 1.98. The van der Waals surface area contributed by atoms with Crippen LogP contribution in [0.15, 0.2) is 48.5 Å². The van der Waals surface area contributed by atoms with Crippen molar-refractivity contribution >= 4 is 29.3 Å². The number of ether oxygens (including phenoxy) is 1. The number of hydrogen-bond acceptors (Lipinski definition) is 4. The molecular weight excluding hydrogens is 318 g/mol. The number of rotatable bonds is 5. The Bertz CT molecular complexity index is 771.